The number of nitrogens with one attached hydrogen (secondary N) is 1. The first-order valence-corrected chi connectivity index (χ1v) is 5.24. The number of amides is 1. The lowest BCUT2D eigenvalue weighted by Gasteiger charge is -2.05. The number of nitro benzene ring substituents is 1. The van der Waals surface area contributed by atoms with Crippen molar-refractivity contribution in [3.8, 4) is 0 Å². The molecule has 1 rings (SSSR count). The molecular formula is C11H11FN2O5. The normalized spacial score (nSPS) is 9.79. The molecule has 7 nitrogen and oxygen atoms in total. The molecule has 0 heterocycles. The van der Waals surface area contributed by atoms with Gasteiger partial charge in [0.1, 0.15) is 11.4 Å². The number of nitro groups is 1. The molecule has 102 valence electrons. The summed E-state index contributed by atoms with van der Waals surface area (Å²) in [6.07, 6.45) is -0.0583. The van der Waals surface area contributed by atoms with E-state index >= 15 is 0 Å². The Balaban J connectivity index is 2.77. The molecule has 0 atom stereocenters. The fourth-order valence-corrected chi connectivity index (χ4v) is 1.32. The number of benzene rings is 1. The molecular weight excluding hydrogens is 259 g/mol. The number of ether oxygens (including phenoxy) is 1. The largest absolute Gasteiger partial charge is 0.469 e. The first kappa shape index (κ1) is 14.6. The third-order valence-electron chi connectivity index (χ3n) is 2.24. The van der Waals surface area contributed by atoms with Gasteiger partial charge in [0.05, 0.1) is 24.5 Å². The standard InChI is InChI=1S/C11H11FN2O5/c1-19-10(15)4-5-13-11(16)8-3-2-7(12)6-9(8)14(17)18/h2-3,6H,4-5H2,1H3,(H,13,16). The Bertz CT molecular complexity index is 518. The van der Waals surface area contributed by atoms with Gasteiger partial charge in [-0.25, -0.2) is 4.39 Å². The maximum Gasteiger partial charge on any atom is 0.307 e. The molecule has 0 radical (unpaired) electrons. The summed E-state index contributed by atoms with van der Waals surface area (Å²) in [6, 6.07) is 2.62. The number of rotatable bonds is 5. The van der Waals surface area contributed by atoms with E-state index in [0.717, 1.165) is 12.1 Å². The van der Waals surface area contributed by atoms with Gasteiger partial charge in [-0.2, -0.15) is 0 Å². The van der Waals surface area contributed by atoms with Crippen LogP contribution < -0.4 is 5.32 Å². The van der Waals surface area contributed by atoms with Crippen molar-refractivity contribution in [2.75, 3.05) is 13.7 Å². The highest BCUT2D eigenvalue weighted by Gasteiger charge is 2.20. The molecule has 0 bridgehead atoms. The van der Waals surface area contributed by atoms with Crippen LogP contribution in [0.5, 0.6) is 0 Å². The molecule has 8 heteroatoms. The van der Waals surface area contributed by atoms with Gasteiger partial charge in [0.2, 0.25) is 0 Å². The summed E-state index contributed by atoms with van der Waals surface area (Å²) in [5, 5.41) is 13.0. The van der Waals surface area contributed by atoms with Crippen LogP contribution in [0, 0.1) is 15.9 Å². The minimum absolute atomic E-state index is 0.0277. The van der Waals surface area contributed by atoms with E-state index in [1.54, 1.807) is 0 Å². The van der Waals surface area contributed by atoms with Gasteiger partial charge >= 0.3 is 5.97 Å². The van der Waals surface area contributed by atoms with Crippen molar-refractivity contribution in [2.45, 2.75) is 6.42 Å². The van der Waals surface area contributed by atoms with E-state index in [4.69, 9.17) is 0 Å². The van der Waals surface area contributed by atoms with Crippen LogP contribution in [0.3, 0.4) is 0 Å². The highest BCUT2D eigenvalue weighted by atomic mass is 19.1. The Morgan fingerprint density at radius 3 is 2.74 bits per heavy atom. The van der Waals surface area contributed by atoms with Gasteiger partial charge in [-0.1, -0.05) is 0 Å². The average Bonchev–Trinajstić information content (AvgIpc) is 2.38. The third kappa shape index (κ3) is 4.02. The molecule has 1 N–H and O–H groups in total. The van der Waals surface area contributed by atoms with Gasteiger partial charge < -0.3 is 10.1 Å². The fourth-order valence-electron chi connectivity index (χ4n) is 1.32. The summed E-state index contributed by atoms with van der Waals surface area (Å²) in [7, 11) is 1.20. The van der Waals surface area contributed by atoms with E-state index in [0.29, 0.717) is 6.07 Å². The van der Waals surface area contributed by atoms with Crippen LogP contribution in [0.2, 0.25) is 0 Å². The number of halogens is 1. The molecule has 0 aliphatic rings. The first-order valence-electron chi connectivity index (χ1n) is 5.24. The molecule has 0 saturated carbocycles. The Hall–Kier alpha value is -2.51. The number of methoxy groups -OCH3 is 1. The number of carbonyl (C=O) groups excluding carboxylic acids is 2. The molecule has 1 aromatic carbocycles. The van der Waals surface area contributed by atoms with Crippen LogP contribution in [-0.2, 0) is 9.53 Å². The van der Waals surface area contributed by atoms with Gasteiger partial charge in [-0.15, -0.1) is 0 Å². The minimum atomic E-state index is -0.849. The Morgan fingerprint density at radius 1 is 1.47 bits per heavy atom. The predicted octanol–water partition coefficient (Wildman–Crippen LogP) is 1.03. The van der Waals surface area contributed by atoms with Crippen molar-refractivity contribution < 1.29 is 23.6 Å². The zero-order valence-electron chi connectivity index (χ0n) is 10.0. The summed E-state index contributed by atoms with van der Waals surface area (Å²) >= 11 is 0. The number of esters is 1. The second-order valence-electron chi connectivity index (χ2n) is 3.50. The monoisotopic (exact) mass is 270 g/mol. The quantitative estimate of drug-likeness (QED) is 0.489. The summed E-state index contributed by atoms with van der Waals surface area (Å²) < 4.78 is 17.2. The number of nitrogens with zero attached hydrogens (tertiary/aromatic N) is 1. The number of carbonyl (C=O) groups is 2. The van der Waals surface area contributed by atoms with E-state index in [2.05, 4.69) is 10.1 Å². The van der Waals surface area contributed by atoms with E-state index in [9.17, 15) is 24.1 Å². The predicted molar refractivity (Wildman–Crippen MR) is 62.0 cm³/mol. The lowest BCUT2D eigenvalue weighted by molar-refractivity contribution is -0.385. The van der Waals surface area contributed by atoms with Crippen LogP contribution in [-0.4, -0.2) is 30.5 Å². The fraction of sp³-hybridized carbons (Fsp3) is 0.273. The molecule has 0 spiro atoms. The van der Waals surface area contributed by atoms with Gasteiger partial charge in [0.25, 0.3) is 11.6 Å². The van der Waals surface area contributed by atoms with Crippen molar-refractivity contribution in [1.29, 1.82) is 0 Å². The molecule has 1 aromatic rings. The van der Waals surface area contributed by atoms with Crippen LogP contribution in [0.15, 0.2) is 18.2 Å². The van der Waals surface area contributed by atoms with E-state index in [1.165, 1.54) is 7.11 Å². The maximum atomic E-state index is 12.9. The van der Waals surface area contributed by atoms with Crippen molar-refractivity contribution >= 4 is 17.6 Å². The first-order chi connectivity index (χ1) is 8.95. The Labute approximate surface area is 107 Å². The average molecular weight is 270 g/mol. The van der Waals surface area contributed by atoms with Crippen LogP contribution in [0.4, 0.5) is 10.1 Å². The van der Waals surface area contributed by atoms with Gasteiger partial charge in [-0.05, 0) is 12.1 Å². The SMILES string of the molecule is COC(=O)CCNC(=O)c1ccc(F)cc1[N+](=O)[O-]. The Morgan fingerprint density at radius 2 is 2.16 bits per heavy atom. The highest BCUT2D eigenvalue weighted by Crippen LogP contribution is 2.19. The van der Waals surface area contributed by atoms with Crippen molar-refractivity contribution in [3.05, 3.63) is 39.7 Å². The lowest BCUT2D eigenvalue weighted by atomic mass is 10.1. The van der Waals surface area contributed by atoms with E-state index < -0.39 is 28.3 Å². The van der Waals surface area contributed by atoms with Crippen LogP contribution in [0.1, 0.15) is 16.8 Å². The maximum absolute atomic E-state index is 12.9. The minimum Gasteiger partial charge on any atom is -0.469 e. The van der Waals surface area contributed by atoms with Gasteiger partial charge in [-0.3, -0.25) is 19.7 Å². The highest BCUT2D eigenvalue weighted by molar-refractivity contribution is 5.98. The lowest BCUT2D eigenvalue weighted by Crippen LogP contribution is -2.27. The topological polar surface area (TPSA) is 98.5 Å². The zero-order chi connectivity index (χ0) is 14.4. The summed E-state index contributed by atoms with van der Waals surface area (Å²) in [4.78, 5) is 32.3. The smallest absolute Gasteiger partial charge is 0.307 e. The van der Waals surface area contributed by atoms with Crippen molar-refractivity contribution in [2.24, 2.45) is 0 Å². The van der Waals surface area contributed by atoms with Gasteiger partial charge in [0.15, 0.2) is 0 Å². The summed E-state index contributed by atoms with van der Waals surface area (Å²) in [5.41, 5.74) is -0.896. The number of hydrogen-bond acceptors (Lipinski definition) is 5. The Kier molecular flexibility index (Phi) is 4.92. The molecule has 0 aromatic heterocycles. The van der Waals surface area contributed by atoms with E-state index in [-0.39, 0.29) is 18.5 Å². The molecule has 0 aliphatic heterocycles. The van der Waals surface area contributed by atoms with Crippen molar-refractivity contribution in [1.82, 2.24) is 5.32 Å². The summed E-state index contributed by atoms with van der Waals surface area (Å²) in [6.45, 7) is -0.0277. The molecule has 0 unspecified atom stereocenters. The van der Waals surface area contributed by atoms with Crippen molar-refractivity contribution in [3.63, 3.8) is 0 Å². The molecule has 19 heavy (non-hydrogen) atoms. The van der Waals surface area contributed by atoms with E-state index in [1.807, 2.05) is 0 Å². The van der Waals surface area contributed by atoms with Crippen LogP contribution in [0.25, 0.3) is 0 Å². The summed E-state index contributed by atoms with van der Waals surface area (Å²) in [5.74, 6) is -2.08. The molecule has 0 saturated heterocycles. The second-order valence-corrected chi connectivity index (χ2v) is 3.50. The zero-order valence-corrected chi connectivity index (χ0v) is 10.0. The third-order valence-corrected chi connectivity index (χ3v) is 2.24. The molecule has 0 aliphatic carbocycles. The number of hydrogen-bond donors (Lipinski definition) is 1. The van der Waals surface area contributed by atoms with Crippen LogP contribution >= 0.6 is 0 Å². The van der Waals surface area contributed by atoms with Gasteiger partial charge in [0, 0.05) is 6.54 Å². The molecule has 0 fully saturated rings. The molecule has 1 amide bonds. The second kappa shape index (κ2) is 6.43.